The van der Waals surface area contributed by atoms with E-state index in [0.29, 0.717) is 5.88 Å². The molecule has 2 nitrogen and oxygen atoms in total. The highest BCUT2D eigenvalue weighted by Gasteiger charge is 2.02. The van der Waals surface area contributed by atoms with Crippen LogP contribution in [0.1, 0.15) is 16.8 Å². The SMILES string of the molecule is Cc1ccc(Oc2ccc(Br)c(C)n2)cc1C. The average Bonchev–Trinajstić information content (AvgIpc) is 2.29. The fourth-order valence-corrected chi connectivity index (χ4v) is 1.70. The maximum atomic E-state index is 5.72. The molecule has 1 aromatic carbocycles. The van der Waals surface area contributed by atoms with Gasteiger partial charge in [-0.25, -0.2) is 4.98 Å². The third-order valence-corrected chi connectivity index (χ3v) is 3.53. The fourth-order valence-electron chi connectivity index (χ4n) is 1.48. The number of rotatable bonds is 2. The molecule has 0 aliphatic rings. The Bertz CT molecular complexity index is 502. The van der Waals surface area contributed by atoms with Crippen molar-refractivity contribution in [3.8, 4) is 11.6 Å². The molecule has 0 aliphatic heterocycles. The van der Waals surface area contributed by atoms with Crippen molar-refractivity contribution in [1.29, 1.82) is 0 Å². The van der Waals surface area contributed by atoms with Crippen molar-refractivity contribution in [3.63, 3.8) is 0 Å². The van der Waals surface area contributed by atoms with Gasteiger partial charge in [0.2, 0.25) is 5.88 Å². The van der Waals surface area contributed by atoms with E-state index >= 15 is 0 Å². The summed E-state index contributed by atoms with van der Waals surface area (Å²) in [5.41, 5.74) is 3.40. The average molecular weight is 292 g/mol. The van der Waals surface area contributed by atoms with Crippen molar-refractivity contribution in [2.45, 2.75) is 20.8 Å². The number of benzene rings is 1. The maximum Gasteiger partial charge on any atom is 0.219 e. The Labute approximate surface area is 110 Å². The lowest BCUT2D eigenvalue weighted by atomic mass is 10.1. The number of halogens is 1. The minimum atomic E-state index is 0.619. The van der Waals surface area contributed by atoms with Gasteiger partial charge in [-0.15, -0.1) is 0 Å². The quantitative estimate of drug-likeness (QED) is 0.809. The normalized spacial score (nSPS) is 10.4. The molecule has 2 aromatic rings. The van der Waals surface area contributed by atoms with Crippen LogP contribution >= 0.6 is 15.9 Å². The van der Waals surface area contributed by atoms with Crippen LogP contribution in [0.25, 0.3) is 0 Å². The summed E-state index contributed by atoms with van der Waals surface area (Å²) in [5.74, 6) is 1.44. The monoisotopic (exact) mass is 291 g/mol. The van der Waals surface area contributed by atoms with Crippen LogP contribution < -0.4 is 4.74 Å². The molecule has 3 heteroatoms. The van der Waals surface area contributed by atoms with E-state index in [1.54, 1.807) is 0 Å². The third kappa shape index (κ3) is 2.86. The number of aryl methyl sites for hydroxylation is 3. The van der Waals surface area contributed by atoms with Gasteiger partial charge in [-0.3, -0.25) is 0 Å². The summed E-state index contributed by atoms with van der Waals surface area (Å²) >= 11 is 3.42. The number of pyridine rings is 1. The van der Waals surface area contributed by atoms with Crippen LogP contribution in [0.4, 0.5) is 0 Å². The molecule has 88 valence electrons. The predicted octanol–water partition coefficient (Wildman–Crippen LogP) is 4.56. The molecule has 0 unspecified atom stereocenters. The summed E-state index contributed by atoms with van der Waals surface area (Å²) in [6.45, 7) is 6.10. The summed E-state index contributed by atoms with van der Waals surface area (Å²) in [6, 6.07) is 9.83. The Morgan fingerprint density at radius 1 is 1.00 bits per heavy atom. The Morgan fingerprint density at radius 2 is 1.76 bits per heavy atom. The van der Waals surface area contributed by atoms with Crippen molar-refractivity contribution in [1.82, 2.24) is 4.98 Å². The zero-order chi connectivity index (χ0) is 12.4. The summed E-state index contributed by atoms with van der Waals surface area (Å²) in [7, 11) is 0. The number of nitrogens with zero attached hydrogens (tertiary/aromatic N) is 1. The number of ether oxygens (including phenoxy) is 1. The Morgan fingerprint density at radius 3 is 2.41 bits per heavy atom. The lowest BCUT2D eigenvalue weighted by Gasteiger charge is -2.08. The molecule has 0 bridgehead atoms. The Balaban J connectivity index is 2.25. The first-order chi connectivity index (χ1) is 8.06. The second-order valence-electron chi connectivity index (χ2n) is 4.06. The van der Waals surface area contributed by atoms with E-state index in [0.717, 1.165) is 15.9 Å². The van der Waals surface area contributed by atoms with Crippen molar-refractivity contribution < 1.29 is 4.74 Å². The predicted molar refractivity (Wildman–Crippen MR) is 72.7 cm³/mol. The molecule has 0 saturated heterocycles. The topological polar surface area (TPSA) is 22.1 Å². The molecule has 17 heavy (non-hydrogen) atoms. The van der Waals surface area contributed by atoms with Gasteiger partial charge in [0.15, 0.2) is 0 Å². The van der Waals surface area contributed by atoms with E-state index in [4.69, 9.17) is 4.74 Å². The molecule has 1 aromatic heterocycles. The lowest BCUT2D eigenvalue weighted by Crippen LogP contribution is -1.91. The van der Waals surface area contributed by atoms with Gasteiger partial charge in [-0.1, -0.05) is 6.07 Å². The minimum Gasteiger partial charge on any atom is -0.439 e. The Kier molecular flexibility index (Phi) is 3.48. The molecule has 0 radical (unpaired) electrons. The highest BCUT2D eigenvalue weighted by atomic mass is 79.9. The van der Waals surface area contributed by atoms with E-state index < -0.39 is 0 Å². The highest BCUT2D eigenvalue weighted by Crippen LogP contribution is 2.24. The van der Waals surface area contributed by atoms with Gasteiger partial charge in [0.1, 0.15) is 5.75 Å². The summed E-state index contributed by atoms with van der Waals surface area (Å²) in [6.07, 6.45) is 0. The molecule has 0 aliphatic carbocycles. The molecule has 0 fully saturated rings. The second kappa shape index (κ2) is 4.88. The number of hydrogen-bond donors (Lipinski definition) is 0. The van der Waals surface area contributed by atoms with Crippen molar-refractivity contribution in [2.75, 3.05) is 0 Å². The van der Waals surface area contributed by atoms with Gasteiger partial charge in [-0.2, -0.15) is 0 Å². The van der Waals surface area contributed by atoms with Crippen LogP contribution in [-0.4, -0.2) is 4.98 Å². The Hall–Kier alpha value is -1.35. The van der Waals surface area contributed by atoms with Gasteiger partial charge in [0.05, 0.1) is 5.69 Å². The van der Waals surface area contributed by atoms with Crippen LogP contribution in [0.5, 0.6) is 11.6 Å². The van der Waals surface area contributed by atoms with Crippen molar-refractivity contribution >= 4 is 15.9 Å². The van der Waals surface area contributed by atoms with E-state index in [-0.39, 0.29) is 0 Å². The van der Waals surface area contributed by atoms with E-state index in [2.05, 4.69) is 40.8 Å². The molecule has 0 amide bonds. The summed E-state index contributed by atoms with van der Waals surface area (Å²) in [5, 5.41) is 0. The van der Waals surface area contributed by atoms with Gasteiger partial charge >= 0.3 is 0 Å². The first-order valence-electron chi connectivity index (χ1n) is 5.44. The first-order valence-corrected chi connectivity index (χ1v) is 6.24. The fraction of sp³-hybridized carbons (Fsp3) is 0.214. The van der Waals surface area contributed by atoms with Crippen LogP contribution in [0, 0.1) is 20.8 Å². The maximum absolute atomic E-state index is 5.72. The van der Waals surface area contributed by atoms with Crippen LogP contribution in [0.2, 0.25) is 0 Å². The molecule has 2 rings (SSSR count). The van der Waals surface area contributed by atoms with Gasteiger partial charge < -0.3 is 4.74 Å². The first kappa shape index (κ1) is 12.1. The largest absolute Gasteiger partial charge is 0.439 e. The minimum absolute atomic E-state index is 0.619. The second-order valence-corrected chi connectivity index (χ2v) is 4.92. The number of aromatic nitrogens is 1. The molecular formula is C14H14BrNO. The molecular weight excluding hydrogens is 278 g/mol. The third-order valence-electron chi connectivity index (χ3n) is 2.70. The standard InChI is InChI=1S/C14H14BrNO/c1-9-4-5-12(8-10(9)2)17-14-7-6-13(15)11(3)16-14/h4-8H,1-3H3. The molecule has 0 spiro atoms. The van der Waals surface area contributed by atoms with Gasteiger partial charge in [0.25, 0.3) is 0 Å². The molecule has 0 N–H and O–H groups in total. The van der Waals surface area contributed by atoms with Crippen molar-refractivity contribution in [2.24, 2.45) is 0 Å². The van der Waals surface area contributed by atoms with Crippen LogP contribution in [0.3, 0.4) is 0 Å². The van der Waals surface area contributed by atoms with Gasteiger partial charge in [-0.05, 0) is 66.0 Å². The van der Waals surface area contributed by atoms with E-state index in [9.17, 15) is 0 Å². The zero-order valence-corrected chi connectivity index (χ0v) is 11.7. The van der Waals surface area contributed by atoms with E-state index in [1.165, 1.54) is 11.1 Å². The molecule has 0 saturated carbocycles. The smallest absolute Gasteiger partial charge is 0.219 e. The summed E-state index contributed by atoms with van der Waals surface area (Å²) in [4.78, 5) is 4.35. The zero-order valence-electron chi connectivity index (χ0n) is 10.1. The van der Waals surface area contributed by atoms with Crippen LogP contribution in [0.15, 0.2) is 34.8 Å². The van der Waals surface area contributed by atoms with Crippen molar-refractivity contribution in [3.05, 3.63) is 51.6 Å². The number of hydrogen-bond acceptors (Lipinski definition) is 2. The van der Waals surface area contributed by atoms with Gasteiger partial charge in [0, 0.05) is 10.5 Å². The van der Waals surface area contributed by atoms with E-state index in [1.807, 2.05) is 31.2 Å². The summed E-state index contributed by atoms with van der Waals surface area (Å²) < 4.78 is 6.71. The lowest BCUT2D eigenvalue weighted by molar-refractivity contribution is 0.461. The van der Waals surface area contributed by atoms with Crippen LogP contribution in [-0.2, 0) is 0 Å². The molecule has 0 atom stereocenters. The highest BCUT2D eigenvalue weighted by molar-refractivity contribution is 9.10. The molecule has 1 heterocycles.